The molecule has 0 rings (SSSR count). The molecule has 0 aromatic heterocycles. The lowest BCUT2D eigenvalue weighted by molar-refractivity contribution is 0.100. The van der Waals surface area contributed by atoms with Crippen LogP contribution in [0.25, 0.3) is 0 Å². The highest BCUT2D eigenvalue weighted by Gasteiger charge is 2.44. The van der Waals surface area contributed by atoms with Crippen molar-refractivity contribution in [3.63, 3.8) is 0 Å². The van der Waals surface area contributed by atoms with E-state index in [1.165, 1.54) is 0 Å². The third-order valence-corrected chi connectivity index (χ3v) is 4.07. The number of hydrogen-bond acceptors (Lipinski definition) is 1. The number of nitrogens with one attached hydrogen (secondary N) is 1. The second kappa shape index (κ2) is 4.68. The second-order valence-corrected chi connectivity index (χ2v) is 5.70. The molecule has 0 saturated carbocycles. The molecular formula is C10H20INO2. The van der Waals surface area contributed by atoms with Crippen LogP contribution in [0.4, 0.5) is 4.79 Å². The fraction of sp³-hybridized carbons (Fsp3) is 0.900. The van der Waals surface area contributed by atoms with Gasteiger partial charge in [-0.1, -0.05) is 57.2 Å². The van der Waals surface area contributed by atoms with Crippen molar-refractivity contribution in [3.8, 4) is 0 Å². The van der Waals surface area contributed by atoms with Gasteiger partial charge in [-0.2, -0.15) is 0 Å². The van der Waals surface area contributed by atoms with Crippen molar-refractivity contribution >= 4 is 28.7 Å². The second-order valence-electron chi connectivity index (χ2n) is 4.94. The third-order valence-electron chi connectivity index (χ3n) is 2.86. The first-order valence-corrected chi connectivity index (χ1v) is 6.27. The number of carbonyl (C=O) groups is 1. The van der Waals surface area contributed by atoms with Gasteiger partial charge in [0.25, 0.3) is 0 Å². The minimum absolute atomic E-state index is 0.0826. The number of rotatable bonds is 3. The van der Waals surface area contributed by atoms with E-state index in [0.717, 1.165) is 4.43 Å². The topological polar surface area (TPSA) is 49.3 Å². The summed E-state index contributed by atoms with van der Waals surface area (Å²) in [5.74, 6) is 0.274. The zero-order chi connectivity index (χ0) is 11.6. The van der Waals surface area contributed by atoms with E-state index in [-0.39, 0.29) is 16.9 Å². The van der Waals surface area contributed by atoms with Crippen molar-refractivity contribution < 1.29 is 9.90 Å². The van der Waals surface area contributed by atoms with Gasteiger partial charge >= 0.3 is 6.09 Å². The third kappa shape index (κ3) is 2.74. The van der Waals surface area contributed by atoms with E-state index in [4.69, 9.17) is 5.11 Å². The minimum Gasteiger partial charge on any atom is -0.465 e. The summed E-state index contributed by atoms with van der Waals surface area (Å²) in [6.07, 6.45) is -0.940. The normalized spacial score (nSPS) is 16.5. The quantitative estimate of drug-likeness (QED) is 0.621. The van der Waals surface area contributed by atoms with Crippen LogP contribution in [0.5, 0.6) is 0 Å². The number of alkyl halides is 1. The van der Waals surface area contributed by atoms with E-state index in [0.29, 0.717) is 0 Å². The van der Waals surface area contributed by atoms with Crippen LogP contribution in [-0.2, 0) is 0 Å². The van der Waals surface area contributed by atoms with Gasteiger partial charge in [0.1, 0.15) is 0 Å². The molecule has 0 heterocycles. The molecule has 1 amide bonds. The summed E-state index contributed by atoms with van der Waals surface area (Å²) in [6.45, 7) is 10.3. The molecule has 1 atom stereocenters. The number of amides is 1. The largest absolute Gasteiger partial charge is 0.465 e. The Balaban J connectivity index is 5.09. The van der Waals surface area contributed by atoms with Gasteiger partial charge < -0.3 is 10.4 Å². The van der Waals surface area contributed by atoms with Gasteiger partial charge in [-0.15, -0.1) is 0 Å². The van der Waals surface area contributed by atoms with Crippen LogP contribution in [0.2, 0.25) is 0 Å². The molecule has 0 aliphatic heterocycles. The van der Waals surface area contributed by atoms with E-state index in [1.54, 1.807) is 0 Å². The fourth-order valence-corrected chi connectivity index (χ4v) is 3.99. The summed E-state index contributed by atoms with van der Waals surface area (Å²) < 4.78 is 0.776. The fourth-order valence-electron chi connectivity index (χ4n) is 1.78. The van der Waals surface area contributed by atoms with Crippen molar-refractivity contribution in [2.24, 2.45) is 11.3 Å². The van der Waals surface area contributed by atoms with Crippen molar-refractivity contribution in [1.82, 2.24) is 5.32 Å². The van der Waals surface area contributed by atoms with E-state index >= 15 is 0 Å². The van der Waals surface area contributed by atoms with Crippen LogP contribution in [0, 0.1) is 11.3 Å². The predicted molar refractivity (Wildman–Crippen MR) is 67.1 cm³/mol. The molecule has 0 unspecified atom stereocenters. The van der Waals surface area contributed by atoms with Crippen LogP contribution < -0.4 is 5.32 Å². The highest BCUT2D eigenvalue weighted by atomic mass is 127. The number of hydrogen-bond donors (Lipinski definition) is 2. The zero-order valence-electron chi connectivity index (χ0n) is 9.52. The predicted octanol–water partition coefficient (Wildman–Crippen LogP) is 3.13. The average Bonchev–Trinajstić information content (AvgIpc) is 1.96. The smallest absolute Gasteiger partial charge is 0.405 e. The molecule has 2 N–H and O–H groups in total. The Hall–Kier alpha value is 0. The summed E-state index contributed by atoms with van der Waals surface area (Å²) >= 11 is 2.25. The molecular weight excluding hydrogens is 293 g/mol. The van der Waals surface area contributed by atoms with Crippen LogP contribution in [-0.4, -0.2) is 21.2 Å². The van der Waals surface area contributed by atoms with Gasteiger partial charge in [0.05, 0.1) is 5.54 Å². The Morgan fingerprint density at radius 1 is 1.43 bits per heavy atom. The van der Waals surface area contributed by atoms with E-state index in [1.807, 2.05) is 0 Å². The maximum atomic E-state index is 10.8. The molecule has 0 aliphatic rings. The van der Waals surface area contributed by atoms with Gasteiger partial charge in [0.2, 0.25) is 0 Å². The molecule has 0 bridgehead atoms. The summed E-state index contributed by atoms with van der Waals surface area (Å²) in [7, 11) is 0. The summed E-state index contributed by atoms with van der Waals surface area (Å²) in [5.41, 5.74) is -0.444. The average molecular weight is 313 g/mol. The summed E-state index contributed by atoms with van der Waals surface area (Å²) in [6, 6.07) is 0. The van der Waals surface area contributed by atoms with E-state index in [2.05, 4.69) is 62.5 Å². The molecule has 0 aromatic rings. The molecule has 84 valence electrons. The van der Waals surface area contributed by atoms with Gasteiger partial charge in [0, 0.05) is 4.43 Å². The molecule has 14 heavy (non-hydrogen) atoms. The summed E-state index contributed by atoms with van der Waals surface area (Å²) in [5, 5.41) is 11.6. The molecule has 0 radical (unpaired) electrons. The maximum Gasteiger partial charge on any atom is 0.405 e. The molecule has 0 aliphatic carbocycles. The summed E-state index contributed by atoms with van der Waals surface area (Å²) in [4.78, 5) is 10.8. The first kappa shape index (κ1) is 14.0. The van der Waals surface area contributed by atoms with E-state index in [9.17, 15) is 4.79 Å². The maximum absolute atomic E-state index is 10.8. The first-order valence-electron chi connectivity index (χ1n) is 4.74. The molecule has 4 heteroatoms. The Labute approximate surface area is 99.8 Å². The lowest BCUT2D eigenvalue weighted by Crippen LogP contribution is -2.61. The minimum atomic E-state index is -0.940. The number of halogens is 1. The highest BCUT2D eigenvalue weighted by molar-refractivity contribution is 14.1. The van der Waals surface area contributed by atoms with Crippen LogP contribution >= 0.6 is 22.6 Å². The van der Waals surface area contributed by atoms with Crippen LogP contribution in [0.3, 0.4) is 0 Å². The van der Waals surface area contributed by atoms with Gasteiger partial charge in [-0.05, 0) is 11.3 Å². The van der Waals surface area contributed by atoms with Crippen molar-refractivity contribution in [2.75, 3.05) is 4.43 Å². The Morgan fingerprint density at radius 3 is 1.93 bits per heavy atom. The molecule has 0 fully saturated rings. The standard InChI is InChI=1S/C10H20INO2/c1-7(2)10(6-11,9(3,4)5)12-8(13)14/h7,12H,6H2,1-5H3,(H,13,14)/t10-/m0/s1. The lowest BCUT2D eigenvalue weighted by atomic mass is 9.68. The molecule has 0 saturated heterocycles. The molecule has 0 spiro atoms. The first-order chi connectivity index (χ1) is 6.17. The van der Waals surface area contributed by atoms with Gasteiger partial charge in [-0.25, -0.2) is 4.79 Å². The molecule has 0 aromatic carbocycles. The van der Waals surface area contributed by atoms with E-state index < -0.39 is 6.09 Å². The monoisotopic (exact) mass is 313 g/mol. The lowest BCUT2D eigenvalue weighted by Gasteiger charge is -2.46. The van der Waals surface area contributed by atoms with Crippen molar-refractivity contribution in [2.45, 2.75) is 40.2 Å². The Morgan fingerprint density at radius 2 is 1.86 bits per heavy atom. The highest BCUT2D eigenvalue weighted by Crippen LogP contribution is 2.38. The Kier molecular flexibility index (Phi) is 4.68. The van der Waals surface area contributed by atoms with Crippen LogP contribution in [0.1, 0.15) is 34.6 Å². The SMILES string of the molecule is CC(C)[C@](CI)(NC(=O)O)C(C)(C)C. The van der Waals surface area contributed by atoms with Crippen LogP contribution in [0.15, 0.2) is 0 Å². The van der Waals surface area contributed by atoms with Gasteiger partial charge in [0.15, 0.2) is 0 Å². The zero-order valence-corrected chi connectivity index (χ0v) is 11.7. The van der Waals surface area contributed by atoms with Crippen molar-refractivity contribution in [1.29, 1.82) is 0 Å². The Bertz CT molecular complexity index is 211. The molecule has 3 nitrogen and oxygen atoms in total. The van der Waals surface area contributed by atoms with Gasteiger partial charge in [-0.3, -0.25) is 0 Å². The van der Waals surface area contributed by atoms with Crippen molar-refractivity contribution in [3.05, 3.63) is 0 Å². The number of carboxylic acid groups (broad SMARTS) is 1.